The molecule has 0 bridgehead atoms. The molecule has 5 atom stereocenters. The lowest BCUT2D eigenvalue weighted by Gasteiger charge is -2.21. The fraction of sp³-hybridized carbons (Fsp3) is 0.692. The Bertz CT molecular complexity index is 3000. The highest BCUT2D eigenvalue weighted by atomic mass is 31.2. The quantitative estimate of drug-likeness (QED) is 0.0146. The standard InChI is InChI=1S/C107H182O16P2/c1-4-7-10-13-16-19-22-25-28-31-34-37-40-42-44-46-48-49-50-51-53-55-56-58-61-63-66-69-72-75-78-81-84-87-90-93-105(110)117-96-102(108)97-119-124(113,114)120-98-103(109)99-121-125(115,116)122-101-104(123-107(112)95-92-89-86-83-80-77-74-71-68-65-60-39-36-33-30-27-24-21-18-15-12-9-6-3)100-118-106(111)94-91-88-85-82-79-76-73-70-67-64-62-59-57-54-52-47-45-43-41-38-35-32-29-26-23-20-17-14-11-8-5-2/h7-12,16-21,25-30,34-39,42-45,65,68,102-104,108-109H,4-6,13-15,22-24,31-33,40-41,46-64,66-67,69-101H2,1-3H3,(H,113,114)(H,115,116)/b10-7-,11-8-,12-9-,19-16-,20-17-,21-18-,28-25-,29-26-,30-27-,37-34-,38-35-,39-36-,44-42-,45-43-,68-65-. The van der Waals surface area contributed by atoms with Gasteiger partial charge in [0.15, 0.2) is 6.10 Å². The molecule has 716 valence electrons. The minimum absolute atomic E-state index is 0.0880. The van der Waals surface area contributed by atoms with Crippen LogP contribution in [0, 0.1) is 0 Å². The first kappa shape index (κ1) is 120. The summed E-state index contributed by atoms with van der Waals surface area (Å²) in [5.41, 5.74) is 0. The van der Waals surface area contributed by atoms with Crippen molar-refractivity contribution in [2.24, 2.45) is 0 Å². The molecule has 0 spiro atoms. The number of hydrogen-bond acceptors (Lipinski definition) is 14. The van der Waals surface area contributed by atoms with Crippen LogP contribution in [0.4, 0.5) is 0 Å². The number of hydrogen-bond donors (Lipinski definition) is 4. The van der Waals surface area contributed by atoms with Crippen LogP contribution in [0.5, 0.6) is 0 Å². The zero-order valence-corrected chi connectivity index (χ0v) is 81.0. The van der Waals surface area contributed by atoms with Gasteiger partial charge in [-0.2, -0.15) is 0 Å². The van der Waals surface area contributed by atoms with Crippen molar-refractivity contribution in [3.63, 3.8) is 0 Å². The smallest absolute Gasteiger partial charge is 0.463 e. The average Bonchev–Trinajstić information content (AvgIpc) is 0.902. The molecule has 0 aromatic heterocycles. The Labute approximate surface area is 764 Å². The monoisotopic (exact) mass is 1790 g/mol. The third-order valence-electron chi connectivity index (χ3n) is 21.1. The van der Waals surface area contributed by atoms with Crippen LogP contribution < -0.4 is 0 Å². The van der Waals surface area contributed by atoms with Crippen LogP contribution in [-0.4, -0.2) is 95.9 Å². The normalized spacial score (nSPS) is 14.5. The Morgan fingerprint density at radius 2 is 0.400 bits per heavy atom. The molecule has 0 rings (SSSR count). The molecule has 0 radical (unpaired) electrons. The van der Waals surface area contributed by atoms with E-state index in [9.17, 15) is 43.5 Å². The van der Waals surface area contributed by atoms with Crippen molar-refractivity contribution in [1.82, 2.24) is 0 Å². The van der Waals surface area contributed by atoms with E-state index in [0.717, 1.165) is 180 Å². The summed E-state index contributed by atoms with van der Waals surface area (Å²) in [4.78, 5) is 59.2. The van der Waals surface area contributed by atoms with E-state index in [-0.39, 0.29) is 19.3 Å². The SMILES string of the molecule is CC/C=C\C/C=C\C/C=C\C/C=C\C/C=C\CCCCCCCCCCCCCCCCCCCCCC(=O)OCC(O)COP(=O)(O)OCC(O)COP(=O)(O)OCC(COC(=O)CCCCCCCCCCCCCCCCC/C=C\C/C=C\C/C=C\C/C=C\C/C=C\CC)OC(=O)CCCCCCCCC/C=C\C/C=C\C/C=C\C/C=C\C/C=C\CC. The molecule has 4 N–H and O–H groups in total. The van der Waals surface area contributed by atoms with Gasteiger partial charge in [0, 0.05) is 19.3 Å². The molecular formula is C107H182O16P2. The summed E-state index contributed by atoms with van der Waals surface area (Å²) >= 11 is 0. The highest BCUT2D eigenvalue weighted by Gasteiger charge is 2.30. The van der Waals surface area contributed by atoms with Crippen molar-refractivity contribution in [2.45, 2.75) is 437 Å². The number of carbonyl (C=O) groups is 3. The third kappa shape index (κ3) is 99.1. The second-order valence-corrected chi connectivity index (χ2v) is 36.0. The summed E-state index contributed by atoms with van der Waals surface area (Å²) in [6.45, 7) is 2.39. The molecule has 0 saturated carbocycles. The lowest BCUT2D eigenvalue weighted by Crippen LogP contribution is -2.30. The summed E-state index contributed by atoms with van der Waals surface area (Å²) in [6.07, 6.45) is 130. The number of phosphoric acid groups is 2. The van der Waals surface area contributed by atoms with Crippen LogP contribution in [-0.2, 0) is 55.8 Å². The number of allylic oxidation sites excluding steroid dienone is 30. The van der Waals surface area contributed by atoms with Gasteiger partial charge in [0.1, 0.15) is 25.4 Å². The molecule has 5 unspecified atom stereocenters. The van der Waals surface area contributed by atoms with E-state index in [1.807, 2.05) is 0 Å². The molecule has 0 fully saturated rings. The van der Waals surface area contributed by atoms with Crippen molar-refractivity contribution in [3.05, 3.63) is 182 Å². The van der Waals surface area contributed by atoms with E-state index < -0.39 is 91.5 Å². The summed E-state index contributed by atoms with van der Waals surface area (Å²) in [5.74, 6) is -1.57. The van der Waals surface area contributed by atoms with E-state index in [1.165, 1.54) is 180 Å². The number of aliphatic hydroxyl groups is 2. The highest BCUT2D eigenvalue weighted by Crippen LogP contribution is 2.45. The topological polar surface area (TPSA) is 231 Å². The lowest BCUT2D eigenvalue weighted by atomic mass is 10.0. The van der Waals surface area contributed by atoms with E-state index in [1.54, 1.807) is 0 Å². The molecule has 18 heteroatoms. The summed E-state index contributed by atoms with van der Waals surface area (Å²) in [7, 11) is -9.82. The van der Waals surface area contributed by atoms with Gasteiger partial charge in [-0.3, -0.25) is 32.5 Å². The first-order chi connectivity index (χ1) is 61.2. The predicted molar refractivity (Wildman–Crippen MR) is 528 cm³/mol. The highest BCUT2D eigenvalue weighted by molar-refractivity contribution is 7.47. The molecule has 0 aliphatic carbocycles. The molecule has 0 saturated heterocycles. The molecule has 0 aliphatic heterocycles. The maximum absolute atomic E-state index is 13.1. The van der Waals surface area contributed by atoms with Gasteiger partial charge >= 0.3 is 33.6 Å². The Morgan fingerprint density at radius 3 is 0.632 bits per heavy atom. The number of esters is 3. The van der Waals surface area contributed by atoms with Crippen LogP contribution in [0.25, 0.3) is 0 Å². The van der Waals surface area contributed by atoms with Crippen molar-refractivity contribution >= 4 is 33.6 Å². The van der Waals surface area contributed by atoms with E-state index in [2.05, 4.69) is 203 Å². The summed E-state index contributed by atoms with van der Waals surface area (Å²) in [6, 6.07) is 0. The van der Waals surface area contributed by atoms with Crippen LogP contribution >= 0.6 is 15.6 Å². The zero-order chi connectivity index (χ0) is 90.7. The molecule has 0 aromatic rings. The zero-order valence-electron chi connectivity index (χ0n) is 79.2. The fourth-order valence-corrected chi connectivity index (χ4v) is 15.2. The number of carbonyl (C=O) groups excluding carboxylic acids is 3. The molecule has 16 nitrogen and oxygen atoms in total. The number of ether oxygens (including phenoxy) is 3. The molecule has 0 heterocycles. The van der Waals surface area contributed by atoms with Gasteiger partial charge in [-0.1, -0.05) is 428 Å². The van der Waals surface area contributed by atoms with Gasteiger partial charge in [0.05, 0.1) is 26.4 Å². The van der Waals surface area contributed by atoms with E-state index in [0.29, 0.717) is 19.3 Å². The van der Waals surface area contributed by atoms with Crippen molar-refractivity contribution in [3.8, 4) is 0 Å². The predicted octanol–water partition coefficient (Wildman–Crippen LogP) is 31.6. The summed E-state index contributed by atoms with van der Waals surface area (Å²) < 4.78 is 61.6. The summed E-state index contributed by atoms with van der Waals surface area (Å²) in [5, 5.41) is 20.8. The molecule has 0 aliphatic rings. The number of rotatable bonds is 94. The molecule has 0 aromatic carbocycles. The Balaban J connectivity index is 4.55. The lowest BCUT2D eigenvalue weighted by molar-refractivity contribution is -0.161. The van der Waals surface area contributed by atoms with E-state index in [4.69, 9.17) is 32.3 Å². The largest absolute Gasteiger partial charge is 0.472 e. The average molecular weight is 1790 g/mol. The van der Waals surface area contributed by atoms with Crippen molar-refractivity contribution in [2.75, 3.05) is 39.6 Å². The Morgan fingerprint density at radius 1 is 0.224 bits per heavy atom. The van der Waals surface area contributed by atoms with Crippen LogP contribution in [0.3, 0.4) is 0 Å². The first-order valence-corrected chi connectivity index (χ1v) is 53.1. The second-order valence-electron chi connectivity index (χ2n) is 33.1. The number of aliphatic hydroxyl groups excluding tert-OH is 2. The Kier molecular flexibility index (Phi) is 93.5. The molecule has 125 heavy (non-hydrogen) atoms. The maximum atomic E-state index is 13.1. The van der Waals surface area contributed by atoms with Gasteiger partial charge in [-0.15, -0.1) is 0 Å². The van der Waals surface area contributed by atoms with Gasteiger partial charge in [0.25, 0.3) is 0 Å². The van der Waals surface area contributed by atoms with Gasteiger partial charge in [-0.25, -0.2) is 9.13 Å². The van der Waals surface area contributed by atoms with Gasteiger partial charge in [0.2, 0.25) is 0 Å². The van der Waals surface area contributed by atoms with Crippen molar-refractivity contribution in [1.29, 1.82) is 0 Å². The van der Waals surface area contributed by atoms with Crippen LogP contribution in [0.2, 0.25) is 0 Å². The van der Waals surface area contributed by atoms with Gasteiger partial charge < -0.3 is 34.2 Å². The minimum atomic E-state index is -4.95. The number of phosphoric ester groups is 2. The minimum Gasteiger partial charge on any atom is -0.463 e. The first-order valence-electron chi connectivity index (χ1n) is 50.1. The maximum Gasteiger partial charge on any atom is 0.472 e. The molecular weight excluding hydrogens is 1600 g/mol. The molecule has 0 amide bonds. The number of unbranched alkanes of at least 4 members (excludes halogenated alkanes) is 41. The van der Waals surface area contributed by atoms with Crippen LogP contribution in [0.15, 0.2) is 182 Å². The third-order valence-corrected chi connectivity index (χ3v) is 23.0. The van der Waals surface area contributed by atoms with Gasteiger partial charge in [-0.05, 0) is 154 Å². The second kappa shape index (κ2) is 97.7. The van der Waals surface area contributed by atoms with Crippen molar-refractivity contribution < 1.29 is 75.8 Å². The fourth-order valence-electron chi connectivity index (χ4n) is 13.7. The van der Waals surface area contributed by atoms with Crippen LogP contribution in [0.1, 0.15) is 419 Å². The Hall–Kier alpha value is -5.35. The van der Waals surface area contributed by atoms with E-state index >= 15 is 0 Å².